The molecule has 0 radical (unpaired) electrons. The van der Waals surface area contributed by atoms with E-state index in [1.54, 1.807) is 24.7 Å². The van der Waals surface area contributed by atoms with Crippen molar-refractivity contribution in [3.05, 3.63) is 48.2 Å². The van der Waals surface area contributed by atoms with E-state index in [9.17, 15) is 4.79 Å². The van der Waals surface area contributed by atoms with Gasteiger partial charge in [0.05, 0.1) is 13.2 Å². The Morgan fingerprint density at radius 3 is 2.65 bits per heavy atom. The molecule has 0 unspecified atom stereocenters. The quantitative estimate of drug-likeness (QED) is 0.786. The van der Waals surface area contributed by atoms with E-state index in [-0.39, 0.29) is 5.78 Å². The maximum Gasteiger partial charge on any atom is 0.373 e. The van der Waals surface area contributed by atoms with Gasteiger partial charge in [-0.1, -0.05) is 6.07 Å². The smallest absolute Gasteiger partial charge is 0.373 e. The number of methoxy groups -OCH3 is 1. The van der Waals surface area contributed by atoms with Crippen LogP contribution in [0.4, 0.5) is 0 Å². The molecule has 4 nitrogen and oxygen atoms in total. The van der Waals surface area contributed by atoms with E-state index in [1.807, 2.05) is 43.5 Å². The molecule has 1 aromatic carbocycles. The van der Waals surface area contributed by atoms with E-state index in [2.05, 4.69) is 0 Å². The number of nitrogens with zero attached hydrogens (tertiary/aromatic N) is 1. The molecular formula is C16H18NO3+. The van der Waals surface area contributed by atoms with Crippen LogP contribution in [-0.4, -0.2) is 12.9 Å². The molecule has 0 bridgehead atoms. The Kier molecular flexibility index (Phi) is 4.35. The van der Waals surface area contributed by atoms with Gasteiger partial charge in [-0.05, 0) is 25.1 Å². The van der Waals surface area contributed by atoms with E-state index in [4.69, 9.17) is 9.47 Å². The van der Waals surface area contributed by atoms with Crippen molar-refractivity contribution < 1.29 is 18.8 Å². The van der Waals surface area contributed by atoms with Gasteiger partial charge in [-0.3, -0.25) is 4.79 Å². The SMILES string of the molecule is COc1cccc(Oc2ccc(C)c[n+]2CC(C)=O)c1. The third kappa shape index (κ3) is 3.57. The Balaban J connectivity index is 2.29. The third-order valence-electron chi connectivity index (χ3n) is 2.79. The Morgan fingerprint density at radius 2 is 1.95 bits per heavy atom. The van der Waals surface area contributed by atoms with Crippen molar-refractivity contribution >= 4 is 5.78 Å². The molecule has 104 valence electrons. The van der Waals surface area contributed by atoms with E-state index in [0.29, 0.717) is 18.2 Å². The lowest BCUT2D eigenvalue weighted by Gasteiger charge is -2.07. The highest BCUT2D eigenvalue weighted by atomic mass is 16.5. The molecule has 0 aliphatic rings. The Hall–Kier alpha value is -2.36. The average molecular weight is 272 g/mol. The summed E-state index contributed by atoms with van der Waals surface area (Å²) in [5.74, 6) is 2.10. The summed E-state index contributed by atoms with van der Waals surface area (Å²) < 4.78 is 12.8. The molecule has 20 heavy (non-hydrogen) atoms. The Bertz CT molecular complexity index is 623. The topological polar surface area (TPSA) is 39.4 Å². The summed E-state index contributed by atoms with van der Waals surface area (Å²) >= 11 is 0. The van der Waals surface area contributed by atoms with Crippen LogP contribution in [0.3, 0.4) is 0 Å². The molecule has 1 aromatic heterocycles. The van der Waals surface area contributed by atoms with Gasteiger partial charge in [0.25, 0.3) is 0 Å². The number of aromatic nitrogens is 1. The van der Waals surface area contributed by atoms with Crippen LogP contribution in [-0.2, 0) is 11.3 Å². The van der Waals surface area contributed by atoms with Crippen LogP contribution >= 0.6 is 0 Å². The lowest BCUT2D eigenvalue weighted by Crippen LogP contribution is -2.38. The number of rotatable bonds is 5. The van der Waals surface area contributed by atoms with Gasteiger partial charge in [0.2, 0.25) is 6.54 Å². The number of carbonyl (C=O) groups is 1. The minimum atomic E-state index is 0.0797. The number of ketones is 1. The van der Waals surface area contributed by atoms with Crippen LogP contribution in [0.2, 0.25) is 0 Å². The minimum Gasteiger partial charge on any atom is -0.497 e. The Morgan fingerprint density at radius 1 is 1.20 bits per heavy atom. The van der Waals surface area contributed by atoms with Gasteiger partial charge < -0.3 is 9.47 Å². The molecule has 0 fully saturated rings. The summed E-state index contributed by atoms with van der Waals surface area (Å²) in [7, 11) is 1.61. The first kappa shape index (κ1) is 14.1. The zero-order chi connectivity index (χ0) is 14.5. The fourth-order valence-electron chi connectivity index (χ4n) is 1.89. The van der Waals surface area contributed by atoms with Crippen molar-refractivity contribution in [2.45, 2.75) is 20.4 Å². The van der Waals surface area contributed by atoms with E-state index < -0.39 is 0 Å². The highest BCUT2D eigenvalue weighted by Gasteiger charge is 2.15. The van der Waals surface area contributed by atoms with Gasteiger partial charge in [-0.15, -0.1) is 0 Å². The summed E-state index contributed by atoms with van der Waals surface area (Å²) in [4.78, 5) is 11.3. The predicted molar refractivity (Wildman–Crippen MR) is 75.1 cm³/mol. The second-order valence-electron chi connectivity index (χ2n) is 4.66. The summed E-state index contributed by atoms with van der Waals surface area (Å²) in [6.07, 6.45) is 1.90. The number of hydrogen-bond donors (Lipinski definition) is 0. The molecule has 0 aliphatic heterocycles. The molecule has 0 saturated carbocycles. The van der Waals surface area contributed by atoms with Crippen LogP contribution in [0.25, 0.3) is 0 Å². The first-order valence-electron chi connectivity index (χ1n) is 6.40. The molecular weight excluding hydrogens is 254 g/mol. The Labute approximate surface area is 118 Å². The monoisotopic (exact) mass is 272 g/mol. The maximum atomic E-state index is 11.3. The first-order chi connectivity index (χ1) is 9.58. The zero-order valence-corrected chi connectivity index (χ0v) is 11.9. The van der Waals surface area contributed by atoms with E-state index >= 15 is 0 Å². The first-order valence-corrected chi connectivity index (χ1v) is 6.40. The predicted octanol–water partition coefficient (Wildman–Crippen LogP) is 2.67. The number of pyridine rings is 1. The van der Waals surface area contributed by atoms with Crippen molar-refractivity contribution in [1.82, 2.24) is 0 Å². The molecule has 0 spiro atoms. The van der Waals surface area contributed by atoms with E-state index in [0.717, 1.165) is 11.3 Å². The number of Topliss-reactive ketones (excluding diaryl/α,β-unsaturated/α-hetero) is 1. The van der Waals surface area contributed by atoms with Crippen LogP contribution in [0, 0.1) is 6.92 Å². The highest BCUT2D eigenvalue weighted by Crippen LogP contribution is 2.23. The summed E-state index contributed by atoms with van der Waals surface area (Å²) in [6, 6.07) is 11.2. The van der Waals surface area contributed by atoms with Crippen molar-refractivity contribution in [2.24, 2.45) is 0 Å². The van der Waals surface area contributed by atoms with Crippen molar-refractivity contribution in [2.75, 3.05) is 7.11 Å². The normalized spacial score (nSPS) is 10.2. The van der Waals surface area contributed by atoms with Crippen LogP contribution in [0.15, 0.2) is 42.6 Å². The molecule has 0 amide bonds. The van der Waals surface area contributed by atoms with Gasteiger partial charge in [-0.25, -0.2) is 0 Å². The molecule has 4 heteroatoms. The van der Waals surface area contributed by atoms with Gasteiger partial charge in [-0.2, -0.15) is 4.57 Å². The maximum absolute atomic E-state index is 11.3. The second-order valence-corrected chi connectivity index (χ2v) is 4.66. The lowest BCUT2D eigenvalue weighted by atomic mass is 10.3. The molecule has 1 heterocycles. The van der Waals surface area contributed by atoms with Gasteiger partial charge in [0.1, 0.15) is 11.5 Å². The summed E-state index contributed by atoms with van der Waals surface area (Å²) in [6.45, 7) is 3.83. The van der Waals surface area contributed by atoms with Crippen LogP contribution in [0.5, 0.6) is 17.4 Å². The van der Waals surface area contributed by atoms with Crippen molar-refractivity contribution in [3.8, 4) is 17.4 Å². The number of carbonyl (C=O) groups excluding carboxylic acids is 1. The van der Waals surface area contributed by atoms with Gasteiger partial charge in [0, 0.05) is 18.6 Å². The largest absolute Gasteiger partial charge is 0.497 e. The molecule has 0 saturated heterocycles. The number of aryl methyl sites for hydroxylation is 1. The second kappa shape index (κ2) is 6.19. The zero-order valence-electron chi connectivity index (χ0n) is 11.9. The van der Waals surface area contributed by atoms with Gasteiger partial charge in [0.15, 0.2) is 12.0 Å². The number of ether oxygens (including phenoxy) is 2. The molecule has 2 aromatic rings. The summed E-state index contributed by atoms with van der Waals surface area (Å²) in [5, 5.41) is 0. The lowest BCUT2D eigenvalue weighted by molar-refractivity contribution is -0.688. The minimum absolute atomic E-state index is 0.0797. The molecule has 0 atom stereocenters. The van der Waals surface area contributed by atoms with Gasteiger partial charge >= 0.3 is 5.88 Å². The molecule has 2 rings (SSSR count). The van der Waals surface area contributed by atoms with Crippen molar-refractivity contribution in [3.63, 3.8) is 0 Å². The average Bonchev–Trinajstić information content (AvgIpc) is 2.41. The van der Waals surface area contributed by atoms with Crippen molar-refractivity contribution in [1.29, 1.82) is 0 Å². The van der Waals surface area contributed by atoms with E-state index in [1.165, 1.54) is 0 Å². The van der Waals surface area contributed by atoms with Crippen LogP contribution < -0.4 is 14.0 Å². The highest BCUT2D eigenvalue weighted by molar-refractivity contribution is 5.73. The number of benzene rings is 1. The van der Waals surface area contributed by atoms with Crippen LogP contribution in [0.1, 0.15) is 12.5 Å². The standard InChI is InChI=1S/C16H18NO3/c1-12-7-8-16(17(10-12)11-13(2)18)20-15-6-4-5-14(9-15)19-3/h4-10H,11H2,1-3H3/q+1. The summed E-state index contributed by atoms with van der Waals surface area (Å²) in [5.41, 5.74) is 1.07. The fourth-order valence-corrected chi connectivity index (χ4v) is 1.89. The molecule has 0 aliphatic carbocycles. The third-order valence-corrected chi connectivity index (χ3v) is 2.79. The fraction of sp³-hybridized carbons (Fsp3) is 0.250. The number of hydrogen-bond acceptors (Lipinski definition) is 3. The molecule has 0 N–H and O–H groups in total.